The van der Waals surface area contributed by atoms with Crippen molar-refractivity contribution in [3.05, 3.63) is 62.9 Å². The van der Waals surface area contributed by atoms with Gasteiger partial charge in [0.25, 0.3) is 5.56 Å². The van der Waals surface area contributed by atoms with Gasteiger partial charge in [0.2, 0.25) is 0 Å². The first-order valence-corrected chi connectivity index (χ1v) is 11.0. The summed E-state index contributed by atoms with van der Waals surface area (Å²) in [6, 6.07) is 9.33. The molecule has 4 heterocycles. The van der Waals surface area contributed by atoms with Crippen molar-refractivity contribution in [2.24, 2.45) is 5.16 Å². The van der Waals surface area contributed by atoms with Gasteiger partial charge in [-0.05, 0) is 32.9 Å². The van der Waals surface area contributed by atoms with E-state index in [2.05, 4.69) is 5.16 Å². The zero-order valence-corrected chi connectivity index (χ0v) is 19.4. The number of aliphatic hydroxyl groups is 1. The number of benzene rings is 1. The van der Waals surface area contributed by atoms with Crippen molar-refractivity contribution in [2.45, 2.75) is 59.5 Å². The molecular formula is C25H27N3O5. The highest BCUT2D eigenvalue weighted by atomic mass is 16.6. The molecule has 0 saturated heterocycles. The number of oxime groups is 1. The number of para-hydroxylation sites is 1. The predicted octanol–water partition coefficient (Wildman–Crippen LogP) is 3.69. The van der Waals surface area contributed by atoms with Crippen LogP contribution in [0.1, 0.15) is 63.0 Å². The fourth-order valence-electron chi connectivity index (χ4n) is 3.99. The van der Waals surface area contributed by atoms with Gasteiger partial charge in [-0.25, -0.2) is 9.78 Å². The van der Waals surface area contributed by atoms with Gasteiger partial charge in [0, 0.05) is 22.1 Å². The molecule has 8 heteroatoms. The molecule has 8 nitrogen and oxygen atoms in total. The molecule has 5 rings (SSSR count). The standard InChI is InChI=1S/C23H21N3O5.C2H6/c1-23(2,3)31-24-9-14-12-6-4-5-7-17(12)25-19-15(14)10-26-18(19)8-13-16(21(26)28)11-30-22(29)20(13)27;1-2/h4-9,20,27H,10-11H2,1-3H3;1-2H3/b24-9+;/t20-;/m0./s1. The summed E-state index contributed by atoms with van der Waals surface area (Å²) in [5, 5.41) is 15.3. The summed E-state index contributed by atoms with van der Waals surface area (Å²) >= 11 is 0. The van der Waals surface area contributed by atoms with Crippen LogP contribution in [0.15, 0.2) is 40.3 Å². The average Bonchev–Trinajstić information content (AvgIpc) is 3.15. The van der Waals surface area contributed by atoms with E-state index in [4.69, 9.17) is 14.6 Å². The Hall–Kier alpha value is -3.52. The molecule has 2 aliphatic rings. The highest BCUT2D eigenvalue weighted by molar-refractivity contribution is 6.02. The van der Waals surface area contributed by atoms with E-state index in [9.17, 15) is 14.7 Å². The van der Waals surface area contributed by atoms with Crippen LogP contribution in [0.4, 0.5) is 0 Å². The van der Waals surface area contributed by atoms with E-state index >= 15 is 0 Å². The van der Waals surface area contributed by atoms with Crippen LogP contribution < -0.4 is 5.56 Å². The molecule has 172 valence electrons. The molecule has 0 amide bonds. The van der Waals surface area contributed by atoms with Gasteiger partial charge in [0.15, 0.2) is 6.10 Å². The lowest BCUT2D eigenvalue weighted by molar-refractivity contribution is -0.157. The molecule has 0 spiro atoms. The Bertz CT molecular complexity index is 1330. The van der Waals surface area contributed by atoms with Gasteiger partial charge in [-0.2, -0.15) is 0 Å². The first-order valence-electron chi connectivity index (χ1n) is 11.0. The van der Waals surface area contributed by atoms with Gasteiger partial charge in [0.1, 0.15) is 12.2 Å². The molecule has 33 heavy (non-hydrogen) atoms. The van der Waals surface area contributed by atoms with E-state index in [1.807, 2.05) is 58.9 Å². The van der Waals surface area contributed by atoms with Crippen LogP contribution in [0, 0.1) is 0 Å². The summed E-state index contributed by atoms with van der Waals surface area (Å²) in [6.07, 6.45) is 0.180. The molecule has 1 aromatic carbocycles. The number of esters is 1. The van der Waals surface area contributed by atoms with Crippen molar-refractivity contribution >= 4 is 23.1 Å². The molecule has 2 aromatic heterocycles. The monoisotopic (exact) mass is 449 g/mol. The van der Waals surface area contributed by atoms with Crippen molar-refractivity contribution < 1.29 is 19.5 Å². The minimum atomic E-state index is -1.48. The number of pyridine rings is 2. The third kappa shape index (κ3) is 3.91. The predicted molar refractivity (Wildman–Crippen MR) is 125 cm³/mol. The van der Waals surface area contributed by atoms with E-state index in [0.29, 0.717) is 23.5 Å². The van der Waals surface area contributed by atoms with Crippen molar-refractivity contribution in [3.8, 4) is 11.4 Å². The second-order valence-electron chi connectivity index (χ2n) is 8.67. The first-order chi connectivity index (χ1) is 15.7. The van der Waals surface area contributed by atoms with Crippen LogP contribution in [-0.2, 0) is 27.5 Å². The fourth-order valence-corrected chi connectivity index (χ4v) is 3.99. The van der Waals surface area contributed by atoms with E-state index in [0.717, 1.165) is 22.0 Å². The fraction of sp³-hybridized carbons (Fsp3) is 0.360. The van der Waals surface area contributed by atoms with Crippen LogP contribution in [0.5, 0.6) is 0 Å². The number of nitrogens with zero attached hydrogens (tertiary/aromatic N) is 3. The SMILES string of the molecule is CC.CC(C)(C)O/N=C/c1c2c(nc3ccccc13)-c1cc3c(c(=O)n1C2)COC(=O)[C@H]3O. The van der Waals surface area contributed by atoms with Crippen molar-refractivity contribution in [3.63, 3.8) is 0 Å². The molecule has 3 aromatic rings. The number of hydrogen-bond donors (Lipinski definition) is 1. The summed E-state index contributed by atoms with van der Waals surface area (Å²) in [4.78, 5) is 35.3. The first kappa shape index (κ1) is 22.7. The summed E-state index contributed by atoms with van der Waals surface area (Å²) < 4.78 is 6.55. The zero-order valence-electron chi connectivity index (χ0n) is 19.4. The van der Waals surface area contributed by atoms with Crippen LogP contribution in [0.3, 0.4) is 0 Å². The quantitative estimate of drug-likeness (QED) is 0.284. The van der Waals surface area contributed by atoms with Crippen LogP contribution in [0.25, 0.3) is 22.3 Å². The maximum atomic E-state index is 13.2. The second kappa shape index (κ2) is 8.44. The molecule has 1 N–H and O–H groups in total. The topological polar surface area (TPSA) is 103 Å². The van der Waals surface area contributed by atoms with Crippen LogP contribution >= 0.6 is 0 Å². The number of fused-ring (bicyclic) bond motifs is 5. The molecule has 0 unspecified atom stereocenters. The molecule has 0 fully saturated rings. The van der Waals surface area contributed by atoms with Gasteiger partial charge in [-0.15, -0.1) is 0 Å². The number of hydrogen-bond acceptors (Lipinski definition) is 7. The summed E-state index contributed by atoms with van der Waals surface area (Å²) in [6.45, 7) is 9.88. The normalized spacial score (nSPS) is 16.5. The van der Waals surface area contributed by atoms with Crippen molar-refractivity contribution in [1.82, 2.24) is 9.55 Å². The lowest BCUT2D eigenvalue weighted by atomic mass is 9.99. The minimum Gasteiger partial charge on any atom is -0.458 e. The number of carbonyl (C=O) groups excluding carboxylic acids is 1. The highest BCUT2D eigenvalue weighted by Gasteiger charge is 2.34. The number of aliphatic hydroxyl groups excluding tert-OH is 1. The summed E-state index contributed by atoms with van der Waals surface area (Å²) in [5.74, 6) is -0.756. The zero-order chi connectivity index (χ0) is 23.9. The number of aromatic nitrogens is 2. The molecule has 0 saturated carbocycles. The Morgan fingerprint density at radius 2 is 1.94 bits per heavy atom. The Labute approximate surface area is 191 Å². The molecule has 2 aliphatic heterocycles. The maximum Gasteiger partial charge on any atom is 0.340 e. The van der Waals surface area contributed by atoms with E-state index in [-0.39, 0.29) is 17.7 Å². The Kier molecular flexibility index (Phi) is 5.80. The molecule has 0 bridgehead atoms. The van der Waals surface area contributed by atoms with Crippen molar-refractivity contribution in [2.75, 3.05) is 0 Å². The van der Waals surface area contributed by atoms with Gasteiger partial charge in [-0.1, -0.05) is 37.2 Å². The smallest absolute Gasteiger partial charge is 0.340 e. The van der Waals surface area contributed by atoms with E-state index in [1.165, 1.54) is 0 Å². The molecule has 0 aliphatic carbocycles. The number of cyclic esters (lactones) is 1. The molecule has 0 radical (unpaired) electrons. The highest BCUT2D eigenvalue weighted by Crippen LogP contribution is 2.37. The van der Waals surface area contributed by atoms with Crippen LogP contribution in [0.2, 0.25) is 0 Å². The van der Waals surface area contributed by atoms with Crippen molar-refractivity contribution in [1.29, 1.82) is 0 Å². The van der Waals surface area contributed by atoms with Crippen LogP contribution in [-0.4, -0.2) is 32.4 Å². The van der Waals surface area contributed by atoms with Gasteiger partial charge < -0.3 is 19.2 Å². The third-order valence-corrected chi connectivity index (χ3v) is 5.42. The van der Waals surface area contributed by atoms with E-state index < -0.39 is 17.7 Å². The molecular weight excluding hydrogens is 422 g/mol. The lowest BCUT2D eigenvalue weighted by Crippen LogP contribution is -2.32. The minimum absolute atomic E-state index is 0.149. The summed E-state index contributed by atoms with van der Waals surface area (Å²) in [7, 11) is 0. The Morgan fingerprint density at radius 3 is 2.67 bits per heavy atom. The number of ether oxygens (including phenoxy) is 1. The largest absolute Gasteiger partial charge is 0.458 e. The number of carbonyl (C=O) groups is 1. The summed E-state index contributed by atoms with van der Waals surface area (Å²) in [5.41, 5.74) is 3.42. The van der Waals surface area contributed by atoms with E-state index in [1.54, 1.807) is 16.8 Å². The maximum absolute atomic E-state index is 13.2. The lowest BCUT2D eigenvalue weighted by Gasteiger charge is -2.21. The average molecular weight is 450 g/mol. The van der Waals surface area contributed by atoms with Gasteiger partial charge >= 0.3 is 5.97 Å². The Balaban J connectivity index is 0.00000126. The third-order valence-electron chi connectivity index (χ3n) is 5.42. The number of rotatable bonds is 2. The second-order valence-corrected chi connectivity index (χ2v) is 8.67. The van der Waals surface area contributed by atoms with Gasteiger partial charge in [0.05, 0.1) is 35.2 Å². The molecule has 1 atom stereocenters. The Morgan fingerprint density at radius 1 is 1.21 bits per heavy atom. The van der Waals surface area contributed by atoms with Gasteiger partial charge in [-0.3, -0.25) is 4.79 Å².